The maximum atomic E-state index is 12.5. The normalized spacial score (nSPS) is 26.6. The number of aromatic nitrogens is 2. The molecule has 3 rings (SSSR count). The lowest BCUT2D eigenvalue weighted by molar-refractivity contribution is -0.139. The highest BCUT2D eigenvalue weighted by molar-refractivity contribution is 5.79. The zero-order valence-corrected chi connectivity index (χ0v) is 13.7. The zero-order chi connectivity index (χ0) is 15.7. The van der Waals surface area contributed by atoms with Crippen molar-refractivity contribution >= 4 is 5.91 Å². The van der Waals surface area contributed by atoms with Gasteiger partial charge in [0.1, 0.15) is 0 Å². The first-order valence-corrected chi connectivity index (χ1v) is 8.52. The number of likely N-dealkylation sites (tertiary alicyclic amines) is 1. The van der Waals surface area contributed by atoms with Crippen molar-refractivity contribution in [1.29, 1.82) is 0 Å². The van der Waals surface area contributed by atoms with Crippen LogP contribution in [0.4, 0.5) is 0 Å². The van der Waals surface area contributed by atoms with E-state index in [9.17, 15) is 9.90 Å². The number of rotatable bonds is 3. The molecule has 1 N–H and O–H groups in total. The van der Waals surface area contributed by atoms with Crippen molar-refractivity contribution in [2.24, 2.45) is 11.8 Å². The van der Waals surface area contributed by atoms with Gasteiger partial charge in [-0.1, -0.05) is 0 Å². The molecule has 5 heteroatoms. The Morgan fingerprint density at radius 2 is 2.00 bits per heavy atom. The molecule has 2 unspecified atom stereocenters. The van der Waals surface area contributed by atoms with Gasteiger partial charge in [-0.05, 0) is 57.9 Å². The molecule has 1 aromatic heterocycles. The minimum atomic E-state index is -0.417. The van der Waals surface area contributed by atoms with Crippen molar-refractivity contribution in [3.8, 4) is 0 Å². The van der Waals surface area contributed by atoms with Gasteiger partial charge in [-0.2, -0.15) is 5.10 Å². The van der Waals surface area contributed by atoms with Gasteiger partial charge in [-0.15, -0.1) is 0 Å². The quantitative estimate of drug-likeness (QED) is 0.928. The number of carbonyl (C=O) groups is 1. The molecule has 0 spiro atoms. The summed E-state index contributed by atoms with van der Waals surface area (Å²) in [5, 5.41) is 14.4. The van der Waals surface area contributed by atoms with Crippen molar-refractivity contribution in [3.63, 3.8) is 0 Å². The summed E-state index contributed by atoms with van der Waals surface area (Å²) in [5.41, 5.74) is 2.28. The fourth-order valence-electron chi connectivity index (χ4n) is 3.90. The van der Waals surface area contributed by atoms with Crippen LogP contribution in [0, 0.1) is 25.7 Å². The van der Waals surface area contributed by atoms with Gasteiger partial charge in [0.15, 0.2) is 0 Å². The lowest BCUT2D eigenvalue weighted by Crippen LogP contribution is -2.44. The van der Waals surface area contributed by atoms with E-state index in [1.807, 2.05) is 11.8 Å². The molecule has 1 aromatic rings. The third-order valence-corrected chi connectivity index (χ3v) is 5.26. The van der Waals surface area contributed by atoms with E-state index in [2.05, 4.69) is 22.8 Å². The zero-order valence-electron chi connectivity index (χ0n) is 13.7. The molecule has 0 bridgehead atoms. The van der Waals surface area contributed by atoms with E-state index < -0.39 is 6.10 Å². The van der Waals surface area contributed by atoms with E-state index in [0.29, 0.717) is 5.92 Å². The number of nitrogens with zero attached hydrogens (tertiary/aromatic N) is 3. The van der Waals surface area contributed by atoms with Crippen molar-refractivity contribution in [2.45, 2.75) is 58.6 Å². The van der Waals surface area contributed by atoms with Gasteiger partial charge in [-0.25, -0.2) is 0 Å². The van der Waals surface area contributed by atoms with Crippen LogP contribution in [-0.2, 0) is 11.3 Å². The lowest BCUT2D eigenvalue weighted by Gasteiger charge is -2.34. The van der Waals surface area contributed by atoms with E-state index in [1.54, 1.807) is 0 Å². The molecular formula is C17H27N3O2. The summed E-state index contributed by atoms with van der Waals surface area (Å²) in [4.78, 5) is 14.5. The SMILES string of the molecule is Cc1cc(C)n(CC2CCN(C(=O)C3CCCC3O)CC2)n1. The Labute approximate surface area is 132 Å². The first-order chi connectivity index (χ1) is 10.5. The fraction of sp³-hybridized carbons (Fsp3) is 0.765. The monoisotopic (exact) mass is 305 g/mol. The minimum Gasteiger partial charge on any atom is -0.392 e. The predicted molar refractivity (Wildman–Crippen MR) is 84.4 cm³/mol. The second-order valence-electron chi connectivity index (χ2n) is 6.98. The number of hydrogen-bond donors (Lipinski definition) is 1. The Morgan fingerprint density at radius 1 is 1.27 bits per heavy atom. The summed E-state index contributed by atoms with van der Waals surface area (Å²) in [6.45, 7) is 6.73. The third-order valence-electron chi connectivity index (χ3n) is 5.26. The predicted octanol–water partition coefficient (Wildman–Crippen LogP) is 1.90. The van der Waals surface area contributed by atoms with Gasteiger partial charge in [0.05, 0.1) is 17.7 Å². The number of amides is 1. The van der Waals surface area contributed by atoms with E-state index in [0.717, 1.165) is 57.4 Å². The summed E-state index contributed by atoms with van der Waals surface area (Å²) in [6, 6.07) is 2.11. The number of piperidine rings is 1. The Hall–Kier alpha value is -1.36. The van der Waals surface area contributed by atoms with Gasteiger partial charge >= 0.3 is 0 Å². The molecule has 1 amide bonds. The maximum absolute atomic E-state index is 12.5. The number of carbonyl (C=O) groups excluding carboxylic acids is 1. The van der Waals surface area contributed by atoms with Crippen molar-refractivity contribution < 1.29 is 9.90 Å². The standard InChI is InChI=1S/C17H27N3O2/c1-12-10-13(2)20(18-12)11-14-6-8-19(9-7-14)17(22)15-4-3-5-16(15)21/h10,14-16,21H,3-9,11H2,1-2H3. The highest BCUT2D eigenvalue weighted by Gasteiger charge is 2.35. The highest BCUT2D eigenvalue weighted by Crippen LogP contribution is 2.29. The van der Waals surface area contributed by atoms with Crippen LogP contribution in [0.15, 0.2) is 6.07 Å². The Morgan fingerprint density at radius 3 is 2.55 bits per heavy atom. The topological polar surface area (TPSA) is 58.4 Å². The molecule has 1 aliphatic carbocycles. The van der Waals surface area contributed by atoms with Crippen LogP contribution in [0.5, 0.6) is 0 Å². The van der Waals surface area contributed by atoms with Crippen molar-refractivity contribution in [3.05, 3.63) is 17.5 Å². The first-order valence-electron chi connectivity index (χ1n) is 8.52. The second kappa shape index (κ2) is 6.41. The van der Waals surface area contributed by atoms with E-state index in [1.165, 1.54) is 5.69 Å². The summed E-state index contributed by atoms with van der Waals surface area (Å²) < 4.78 is 2.10. The van der Waals surface area contributed by atoms with Crippen LogP contribution in [0.25, 0.3) is 0 Å². The van der Waals surface area contributed by atoms with Crippen molar-refractivity contribution in [1.82, 2.24) is 14.7 Å². The summed E-state index contributed by atoms with van der Waals surface area (Å²) in [6.07, 6.45) is 4.27. The molecule has 22 heavy (non-hydrogen) atoms. The largest absolute Gasteiger partial charge is 0.392 e. The number of aryl methyl sites for hydroxylation is 2. The van der Waals surface area contributed by atoms with E-state index in [4.69, 9.17) is 0 Å². The first kappa shape index (κ1) is 15.5. The van der Waals surface area contributed by atoms with Gasteiger partial charge in [-0.3, -0.25) is 9.48 Å². The Bertz CT molecular complexity index is 532. The van der Waals surface area contributed by atoms with E-state index >= 15 is 0 Å². The molecule has 2 aliphatic rings. The molecule has 2 fully saturated rings. The molecule has 2 atom stereocenters. The molecule has 1 saturated carbocycles. The van der Waals surface area contributed by atoms with E-state index in [-0.39, 0.29) is 11.8 Å². The van der Waals surface area contributed by atoms with Crippen LogP contribution in [0.2, 0.25) is 0 Å². The summed E-state index contributed by atoms with van der Waals surface area (Å²) >= 11 is 0. The summed E-state index contributed by atoms with van der Waals surface area (Å²) in [7, 11) is 0. The molecule has 0 radical (unpaired) electrons. The average molecular weight is 305 g/mol. The van der Waals surface area contributed by atoms with Crippen LogP contribution in [-0.4, -0.2) is 44.9 Å². The molecule has 2 heterocycles. The fourth-order valence-corrected chi connectivity index (χ4v) is 3.90. The van der Waals surface area contributed by atoms with Crippen LogP contribution < -0.4 is 0 Å². The Balaban J connectivity index is 1.52. The molecule has 1 aliphatic heterocycles. The molecule has 0 aromatic carbocycles. The maximum Gasteiger partial charge on any atom is 0.228 e. The number of hydrogen-bond acceptors (Lipinski definition) is 3. The van der Waals surface area contributed by atoms with Gasteiger partial charge in [0.2, 0.25) is 5.91 Å². The number of aliphatic hydroxyl groups excluding tert-OH is 1. The molecule has 5 nitrogen and oxygen atoms in total. The molecule has 1 saturated heterocycles. The average Bonchev–Trinajstić information content (AvgIpc) is 3.05. The summed E-state index contributed by atoms with van der Waals surface area (Å²) in [5.74, 6) is 0.623. The third kappa shape index (κ3) is 3.19. The molecule has 122 valence electrons. The van der Waals surface area contributed by atoms with Gasteiger partial charge in [0.25, 0.3) is 0 Å². The molecular weight excluding hydrogens is 278 g/mol. The van der Waals surface area contributed by atoms with Gasteiger partial charge < -0.3 is 10.0 Å². The minimum absolute atomic E-state index is 0.146. The highest BCUT2D eigenvalue weighted by atomic mass is 16.3. The number of aliphatic hydroxyl groups is 1. The smallest absolute Gasteiger partial charge is 0.228 e. The second-order valence-corrected chi connectivity index (χ2v) is 6.98. The van der Waals surface area contributed by atoms with Crippen LogP contribution in [0.1, 0.15) is 43.5 Å². The van der Waals surface area contributed by atoms with Crippen LogP contribution >= 0.6 is 0 Å². The Kier molecular flexibility index (Phi) is 4.52. The van der Waals surface area contributed by atoms with Crippen molar-refractivity contribution in [2.75, 3.05) is 13.1 Å². The van der Waals surface area contributed by atoms with Crippen LogP contribution in [0.3, 0.4) is 0 Å². The van der Waals surface area contributed by atoms with Gasteiger partial charge in [0, 0.05) is 25.3 Å². The lowest BCUT2D eigenvalue weighted by atomic mass is 9.95.